The number of hydrogen-bond acceptors (Lipinski definition) is 4. The fourth-order valence-corrected chi connectivity index (χ4v) is 3.42. The summed E-state index contributed by atoms with van der Waals surface area (Å²) in [5.74, 6) is -2.17. The maximum atomic E-state index is 11.3. The first-order chi connectivity index (χ1) is 10.2. The first-order valence-electron chi connectivity index (χ1n) is 8.10. The van der Waals surface area contributed by atoms with Gasteiger partial charge in [0, 0.05) is 0 Å². The minimum Gasteiger partial charge on any atom is -0.870 e. The van der Waals surface area contributed by atoms with E-state index in [2.05, 4.69) is 38.9 Å². The van der Waals surface area contributed by atoms with Crippen molar-refractivity contribution in [2.45, 2.75) is 78.2 Å². The van der Waals surface area contributed by atoms with E-state index in [4.69, 9.17) is 12.3 Å². The summed E-state index contributed by atoms with van der Waals surface area (Å²) in [4.78, 5) is 15.2. The maximum Gasteiger partial charge on any atom is 0.306 e. The molecule has 0 unspecified atom stereocenters. The summed E-state index contributed by atoms with van der Waals surface area (Å²) in [5.41, 5.74) is 0. The fraction of sp³-hybridized carbons (Fsp3) is 0.875. The lowest BCUT2D eigenvalue weighted by atomic mass is 9.92. The smallest absolute Gasteiger partial charge is 0.306 e. The lowest BCUT2D eigenvalue weighted by Gasteiger charge is -2.42. The summed E-state index contributed by atoms with van der Waals surface area (Å²) in [6.07, 6.45) is -0.129. The molecule has 0 heterocycles. The van der Waals surface area contributed by atoms with E-state index < -0.39 is 38.1 Å². The van der Waals surface area contributed by atoms with Gasteiger partial charge in [0.2, 0.25) is 0 Å². The molecule has 23 heavy (non-hydrogen) atoms. The van der Waals surface area contributed by atoms with Crippen LogP contribution in [-0.4, -0.2) is 45.2 Å². The Hall–Kier alpha value is -0.818. The van der Waals surface area contributed by atoms with Crippen LogP contribution in [0.2, 0.25) is 18.1 Å². The third-order valence-corrected chi connectivity index (χ3v) is 9.10. The number of carboxylic acid groups (broad SMARTS) is 1. The highest BCUT2D eigenvalue weighted by Crippen LogP contribution is 2.39. The SMILES string of the molecule is [B]C([O-])=N[C@@H](C(C)C)[C@H](C[C@@H](C)C(=O)O)O[Si](C)(C)C(C)(C)C. The third kappa shape index (κ3) is 7.08. The van der Waals surface area contributed by atoms with Crippen molar-refractivity contribution in [3.63, 3.8) is 0 Å². The normalized spacial score (nSPS) is 17.9. The molecule has 0 bridgehead atoms. The highest BCUT2D eigenvalue weighted by atomic mass is 28.4. The van der Waals surface area contributed by atoms with Gasteiger partial charge in [-0.25, -0.2) is 0 Å². The molecule has 1 N–H and O–H groups in total. The minimum atomic E-state index is -2.13. The highest BCUT2D eigenvalue weighted by molar-refractivity contribution is 6.74. The summed E-state index contributed by atoms with van der Waals surface area (Å²) < 4.78 is 6.42. The largest absolute Gasteiger partial charge is 0.870 e. The Morgan fingerprint density at radius 2 is 1.78 bits per heavy atom. The van der Waals surface area contributed by atoms with E-state index in [0.29, 0.717) is 6.42 Å². The first kappa shape index (κ1) is 22.2. The second-order valence-corrected chi connectivity index (χ2v) is 12.8. The zero-order chi connectivity index (χ0) is 18.6. The van der Waals surface area contributed by atoms with Crippen LogP contribution in [0, 0.1) is 11.8 Å². The predicted octanol–water partition coefficient (Wildman–Crippen LogP) is 2.40. The Labute approximate surface area is 143 Å². The summed E-state index contributed by atoms with van der Waals surface area (Å²) in [6.45, 7) is 16.1. The van der Waals surface area contributed by atoms with Crippen LogP contribution >= 0.6 is 0 Å². The Kier molecular flexibility index (Phi) is 8.03. The van der Waals surface area contributed by atoms with Crippen LogP contribution in [0.3, 0.4) is 0 Å². The van der Waals surface area contributed by atoms with Crippen LogP contribution in [0.4, 0.5) is 0 Å². The second-order valence-electron chi connectivity index (χ2n) is 8.09. The Morgan fingerprint density at radius 1 is 1.30 bits per heavy atom. The van der Waals surface area contributed by atoms with Crippen LogP contribution in [0.5, 0.6) is 0 Å². The Morgan fingerprint density at radius 3 is 2.09 bits per heavy atom. The molecule has 0 fully saturated rings. The van der Waals surface area contributed by atoms with E-state index in [-0.39, 0.29) is 11.0 Å². The van der Waals surface area contributed by atoms with E-state index >= 15 is 0 Å². The molecule has 0 aliphatic heterocycles. The predicted molar refractivity (Wildman–Crippen MR) is 95.3 cm³/mol. The molecule has 0 saturated heterocycles. The number of aliphatic carboxylic acids is 1. The Balaban J connectivity index is 5.62. The molecule has 0 spiro atoms. The van der Waals surface area contributed by atoms with E-state index in [1.54, 1.807) is 6.92 Å². The van der Waals surface area contributed by atoms with E-state index in [1.165, 1.54) is 0 Å². The molecule has 0 aliphatic rings. The lowest BCUT2D eigenvalue weighted by Crippen LogP contribution is -2.49. The monoisotopic (exact) mass is 340 g/mol. The Bertz CT molecular complexity index is 428. The lowest BCUT2D eigenvalue weighted by molar-refractivity contribution is -0.208. The maximum absolute atomic E-state index is 11.3. The van der Waals surface area contributed by atoms with Crippen LogP contribution in [0.1, 0.15) is 48.0 Å². The van der Waals surface area contributed by atoms with Crippen LogP contribution in [0.25, 0.3) is 0 Å². The van der Waals surface area contributed by atoms with Gasteiger partial charge >= 0.3 is 5.97 Å². The van der Waals surface area contributed by atoms with Crippen LogP contribution in [-0.2, 0) is 9.22 Å². The van der Waals surface area contributed by atoms with E-state index in [0.717, 1.165) is 0 Å². The molecular weight excluding hydrogens is 309 g/mol. The minimum absolute atomic E-state index is 0.0219. The van der Waals surface area contributed by atoms with Crippen LogP contribution in [0.15, 0.2) is 4.99 Å². The average molecular weight is 340 g/mol. The molecule has 0 saturated carbocycles. The number of rotatable bonds is 8. The van der Waals surface area contributed by atoms with Crippen molar-refractivity contribution in [2.24, 2.45) is 16.8 Å². The summed E-state index contributed by atoms with van der Waals surface area (Å²) in [5, 5.41) is 20.5. The topological polar surface area (TPSA) is 82.0 Å². The van der Waals surface area contributed by atoms with Gasteiger partial charge in [-0.05, 0) is 30.5 Å². The van der Waals surface area contributed by atoms with Crippen molar-refractivity contribution < 1.29 is 19.4 Å². The molecule has 132 valence electrons. The van der Waals surface area contributed by atoms with Crippen molar-refractivity contribution in [1.82, 2.24) is 0 Å². The number of nitrogens with zero attached hydrogens (tertiary/aromatic N) is 1. The van der Waals surface area contributed by atoms with E-state index in [1.807, 2.05) is 13.8 Å². The molecular formula is C16H31BNO4Si-. The van der Waals surface area contributed by atoms with Gasteiger partial charge in [0.25, 0.3) is 0 Å². The van der Waals surface area contributed by atoms with Gasteiger partial charge < -0.3 is 19.6 Å². The van der Waals surface area contributed by atoms with Gasteiger partial charge in [-0.3, -0.25) is 4.79 Å². The molecule has 0 aromatic rings. The molecule has 0 rings (SSSR count). The molecule has 0 aliphatic carbocycles. The van der Waals surface area contributed by atoms with Crippen molar-refractivity contribution >= 4 is 27.9 Å². The zero-order valence-corrected chi connectivity index (χ0v) is 16.7. The van der Waals surface area contributed by atoms with Gasteiger partial charge in [0.1, 0.15) is 7.85 Å². The second kappa shape index (κ2) is 8.33. The molecule has 0 aromatic carbocycles. The van der Waals surface area contributed by atoms with E-state index in [9.17, 15) is 15.0 Å². The van der Waals surface area contributed by atoms with Crippen molar-refractivity contribution in [2.75, 3.05) is 0 Å². The molecule has 0 amide bonds. The number of carbonyl (C=O) groups is 1. The van der Waals surface area contributed by atoms with Crippen molar-refractivity contribution in [1.29, 1.82) is 0 Å². The van der Waals surface area contributed by atoms with Crippen LogP contribution < -0.4 is 5.11 Å². The third-order valence-electron chi connectivity index (χ3n) is 4.60. The van der Waals surface area contributed by atoms with Gasteiger partial charge in [-0.1, -0.05) is 47.3 Å². The van der Waals surface area contributed by atoms with Crippen molar-refractivity contribution in [3.8, 4) is 0 Å². The van der Waals surface area contributed by atoms with Gasteiger partial charge in [0.05, 0.1) is 18.1 Å². The molecule has 2 radical (unpaired) electrons. The fourth-order valence-electron chi connectivity index (χ4n) is 2.07. The average Bonchev–Trinajstić information content (AvgIpc) is 2.32. The molecule has 5 nitrogen and oxygen atoms in total. The quantitative estimate of drug-likeness (QED) is 0.418. The van der Waals surface area contributed by atoms with Gasteiger partial charge in [-0.15, -0.1) is 0 Å². The van der Waals surface area contributed by atoms with Crippen molar-refractivity contribution in [3.05, 3.63) is 0 Å². The molecule has 0 aromatic heterocycles. The summed E-state index contributed by atoms with van der Waals surface area (Å²) in [6, 6.07) is -0.441. The van der Waals surface area contributed by atoms with Gasteiger partial charge in [-0.2, -0.15) is 0 Å². The molecule has 7 heteroatoms. The standard InChI is InChI=1S/C16H32BNO4Si/c1-10(2)13(18-15(17)21)12(9-11(3)14(19)20)22-23(7,8)16(4,5)6/h10-13H,9H2,1-8H3,(H,18,21)(H,19,20)/p-1/t11-,12+,13+/m1/s1. The summed E-state index contributed by atoms with van der Waals surface area (Å²) in [7, 11) is 3.11. The molecule has 3 atom stereocenters. The summed E-state index contributed by atoms with van der Waals surface area (Å²) >= 11 is 0. The number of hydrogen-bond donors (Lipinski definition) is 1. The first-order valence-corrected chi connectivity index (χ1v) is 11.0. The number of carboxylic acids is 1. The zero-order valence-electron chi connectivity index (χ0n) is 15.7. The highest BCUT2D eigenvalue weighted by Gasteiger charge is 2.41. The van der Waals surface area contributed by atoms with Gasteiger partial charge in [0.15, 0.2) is 8.32 Å². The number of aliphatic imine (C=N–C) groups is 1.